The van der Waals surface area contributed by atoms with Crippen molar-refractivity contribution in [3.63, 3.8) is 0 Å². The largest absolute Gasteiger partial charge is 0.412 e. The molecule has 10 heteroatoms. The topological polar surface area (TPSA) is 241 Å². The van der Waals surface area contributed by atoms with Crippen LogP contribution in [0, 0.1) is 9.93 Å². The van der Waals surface area contributed by atoms with Crippen LogP contribution in [0.1, 0.15) is 74.3 Å². The van der Waals surface area contributed by atoms with E-state index in [2.05, 4.69) is 0 Å². The predicted molar refractivity (Wildman–Crippen MR) is 99.0 cm³/mol. The molecule has 152 valence electrons. The molecular formula is C10H52O10. The van der Waals surface area contributed by atoms with E-state index in [0.29, 0.717) is 0 Å². The summed E-state index contributed by atoms with van der Waals surface area (Å²) >= 11 is 0. The zero-order valence-corrected chi connectivity index (χ0v) is 4.61. The first kappa shape index (κ1) is 1240. The molecule has 0 fully saturated rings. The summed E-state index contributed by atoms with van der Waals surface area (Å²) in [6, 6.07) is 0. The summed E-state index contributed by atoms with van der Waals surface area (Å²) in [5.41, 5.74) is 0. The van der Waals surface area contributed by atoms with E-state index in [4.69, 9.17) is 31.0 Å². The normalized spacial score (nSPS) is 0.800. The highest BCUT2D eigenvalue weighted by atomic mass is 17.0. The van der Waals surface area contributed by atoms with Crippen molar-refractivity contribution >= 4 is 0 Å². The third kappa shape index (κ3) is 8830. The van der Waals surface area contributed by atoms with Gasteiger partial charge in [0.25, 0.3) is 0 Å². The highest BCUT2D eigenvalue weighted by Gasteiger charge is 0.748. The minimum Gasteiger partial charge on any atom is -0.412 e. The molecule has 0 aromatic rings. The standard InChI is InChI=1S/10CH4.2H2O2.O2.4H2O/c;;;;;;;;;;3*1-2;;;;/h10*1H4;2*1-2H;;4*1H2. The van der Waals surface area contributed by atoms with Crippen molar-refractivity contribution in [3.05, 3.63) is 9.93 Å². The molecule has 20 heavy (non-hydrogen) atoms. The van der Waals surface area contributed by atoms with E-state index >= 15 is 0 Å². The van der Waals surface area contributed by atoms with Crippen LogP contribution < -0.4 is 0 Å². The molecule has 0 spiro atoms. The predicted octanol–water partition coefficient (Wildman–Crippen LogP) is 3.16. The van der Waals surface area contributed by atoms with E-state index in [-0.39, 0.29) is 96.2 Å². The minimum atomic E-state index is 0. The quantitative estimate of drug-likeness (QED) is 0.382. The number of hydrogen-bond acceptors (Lipinski definition) is 6. The summed E-state index contributed by atoms with van der Waals surface area (Å²) in [5, 5.41) is 24.0. The second kappa shape index (κ2) is 10500. The van der Waals surface area contributed by atoms with Crippen molar-refractivity contribution in [1.29, 1.82) is 0 Å². The lowest BCUT2D eigenvalue weighted by molar-refractivity contribution is -0.176. The van der Waals surface area contributed by atoms with Gasteiger partial charge in [0.2, 0.25) is 0 Å². The molecule has 0 heterocycles. The molecule has 12 N–H and O–H groups in total. The summed E-state index contributed by atoms with van der Waals surface area (Å²) < 4.78 is 0. The van der Waals surface area contributed by atoms with Crippen LogP contribution >= 0.6 is 0 Å². The second-order valence-electron chi connectivity index (χ2n) is 0. The van der Waals surface area contributed by atoms with Crippen molar-refractivity contribution < 1.29 is 42.9 Å². The maximum atomic E-state index is 7.00. The van der Waals surface area contributed by atoms with Gasteiger partial charge >= 0.3 is 0 Å². The highest BCUT2D eigenvalue weighted by molar-refractivity contribution is 4.07. The summed E-state index contributed by atoms with van der Waals surface area (Å²) in [5.74, 6) is 0. The van der Waals surface area contributed by atoms with Crippen LogP contribution in [-0.4, -0.2) is 42.9 Å². The lowest BCUT2D eigenvalue weighted by atomic mass is 12.0. The van der Waals surface area contributed by atoms with E-state index in [1.807, 2.05) is 0 Å². The van der Waals surface area contributed by atoms with Crippen LogP contribution in [0.15, 0.2) is 0 Å². The first-order valence-electron chi connectivity index (χ1n) is 0.567. The molecule has 0 radical (unpaired) electrons. The van der Waals surface area contributed by atoms with Crippen molar-refractivity contribution in [1.82, 2.24) is 0 Å². The van der Waals surface area contributed by atoms with Crippen molar-refractivity contribution in [3.8, 4) is 0 Å². The Morgan fingerprint density at radius 3 is 0.300 bits per heavy atom. The molecule has 0 aliphatic heterocycles. The Kier molecular flexibility index (Phi) is 652000. The lowest BCUT2D eigenvalue weighted by Crippen LogP contribution is -1.29. The third-order valence-electron chi connectivity index (χ3n) is 0. The zero-order chi connectivity index (χ0) is 6.00. The van der Waals surface area contributed by atoms with Crippen LogP contribution in [0.4, 0.5) is 0 Å². The Morgan fingerprint density at radius 1 is 0.300 bits per heavy atom. The molecule has 0 aliphatic rings. The Bertz CT molecular complexity index is 20.0. The van der Waals surface area contributed by atoms with Crippen LogP contribution in [0.25, 0.3) is 0 Å². The summed E-state index contributed by atoms with van der Waals surface area (Å²) in [6.07, 6.45) is 0. The zero-order valence-electron chi connectivity index (χ0n) is 4.61. The van der Waals surface area contributed by atoms with E-state index in [9.17, 15) is 0 Å². The fraction of sp³-hybridized carbons (Fsp3) is 1.00. The van der Waals surface area contributed by atoms with E-state index in [0.717, 1.165) is 0 Å². The van der Waals surface area contributed by atoms with Crippen LogP contribution in [0.5, 0.6) is 0 Å². The monoisotopic (exact) mass is 332 g/mol. The molecule has 0 amide bonds. The molecular weight excluding hydrogens is 280 g/mol. The maximum Gasteiger partial charge on any atom is 0 e. The van der Waals surface area contributed by atoms with Gasteiger partial charge < -0.3 is 21.9 Å². The molecule has 0 saturated carbocycles. The molecule has 0 aromatic carbocycles. The molecule has 0 atom stereocenters. The van der Waals surface area contributed by atoms with Gasteiger partial charge in [-0.05, 0) is 0 Å². The van der Waals surface area contributed by atoms with E-state index in [1.54, 1.807) is 0 Å². The smallest absolute Gasteiger partial charge is 0 e. The summed E-state index contributed by atoms with van der Waals surface area (Å²) in [7, 11) is 0. The molecule has 0 saturated heterocycles. The molecule has 0 rings (SSSR count). The Hall–Kier alpha value is -0.720. The Morgan fingerprint density at radius 2 is 0.300 bits per heavy atom. The molecule has 10 nitrogen and oxygen atoms in total. The second-order valence-corrected chi connectivity index (χ2v) is 0. The van der Waals surface area contributed by atoms with Crippen LogP contribution in [0.2, 0.25) is 0 Å². The summed E-state index contributed by atoms with van der Waals surface area (Å²) in [6.45, 7) is 0. The number of hydrogen-bond donors (Lipinski definition) is 4. The van der Waals surface area contributed by atoms with Crippen LogP contribution in [0.3, 0.4) is 0 Å². The van der Waals surface area contributed by atoms with E-state index < -0.39 is 0 Å². The van der Waals surface area contributed by atoms with Gasteiger partial charge in [-0.25, -0.2) is 0 Å². The Balaban J connectivity index is -0.000000000333. The first-order valence-corrected chi connectivity index (χ1v) is 0.567. The van der Waals surface area contributed by atoms with Gasteiger partial charge in [0.1, 0.15) is 0 Å². The summed E-state index contributed by atoms with van der Waals surface area (Å²) in [4.78, 5) is 14.0. The molecule has 0 aliphatic carbocycles. The lowest BCUT2D eigenvalue weighted by Gasteiger charge is -1.25. The van der Waals surface area contributed by atoms with E-state index in [1.165, 1.54) is 0 Å². The van der Waals surface area contributed by atoms with Gasteiger partial charge in [-0.2, -0.15) is 0 Å². The fourth-order valence-electron chi connectivity index (χ4n) is 0. The Labute approximate surface area is 128 Å². The maximum absolute atomic E-state index is 7.00. The van der Waals surface area contributed by atoms with Crippen LogP contribution in [-0.2, 0) is 0 Å². The third-order valence-corrected chi connectivity index (χ3v) is 0. The van der Waals surface area contributed by atoms with Gasteiger partial charge in [0.15, 0.2) is 0 Å². The number of rotatable bonds is 0. The van der Waals surface area contributed by atoms with Gasteiger partial charge in [0.05, 0.1) is 0 Å². The van der Waals surface area contributed by atoms with Gasteiger partial charge in [-0.3, -0.25) is 21.0 Å². The van der Waals surface area contributed by atoms with Gasteiger partial charge in [-0.15, -0.1) is 0 Å². The molecule has 0 bridgehead atoms. The van der Waals surface area contributed by atoms with Crippen molar-refractivity contribution in [2.45, 2.75) is 74.3 Å². The van der Waals surface area contributed by atoms with Gasteiger partial charge in [-0.1, -0.05) is 74.3 Å². The molecule has 0 unspecified atom stereocenters. The van der Waals surface area contributed by atoms with Gasteiger partial charge in [0, 0.05) is 9.93 Å². The minimum absolute atomic E-state index is 0. The van der Waals surface area contributed by atoms with Crippen molar-refractivity contribution in [2.24, 2.45) is 0 Å². The van der Waals surface area contributed by atoms with Crippen molar-refractivity contribution in [2.75, 3.05) is 0 Å². The SMILES string of the molecule is C.C.C.C.C.C.C.C.C.C.O.O.O.O.O=O.OO.OO. The molecule has 0 aromatic heterocycles. The first-order chi connectivity index (χ1) is 3.00. The fourth-order valence-corrected chi connectivity index (χ4v) is 0. The average Bonchev–Trinajstić information content (AvgIpc) is 1.81. The average molecular weight is 333 g/mol. The highest BCUT2D eigenvalue weighted by Crippen LogP contribution is 0.741.